The zero-order chi connectivity index (χ0) is 13.7. The van der Waals surface area contributed by atoms with E-state index in [1.54, 1.807) is 29.2 Å². The van der Waals surface area contributed by atoms with Crippen molar-refractivity contribution >= 4 is 17.1 Å². The molecule has 1 heterocycles. The Morgan fingerprint density at radius 2 is 2.32 bits per heavy atom. The van der Waals surface area contributed by atoms with Crippen molar-refractivity contribution in [2.45, 2.75) is 13.0 Å². The first kappa shape index (κ1) is 12.8. The van der Waals surface area contributed by atoms with Crippen molar-refractivity contribution in [2.24, 2.45) is 0 Å². The fourth-order valence-corrected chi connectivity index (χ4v) is 1.72. The molecule has 0 aliphatic heterocycles. The van der Waals surface area contributed by atoms with Gasteiger partial charge in [0, 0.05) is 19.3 Å². The van der Waals surface area contributed by atoms with E-state index in [2.05, 4.69) is 15.6 Å². The third-order valence-corrected chi connectivity index (χ3v) is 2.60. The Balaban J connectivity index is 1.92. The van der Waals surface area contributed by atoms with E-state index in [0.717, 1.165) is 6.42 Å². The molecule has 0 aliphatic carbocycles. The number of hydrogen-bond acceptors (Lipinski definition) is 6. The van der Waals surface area contributed by atoms with Crippen LogP contribution >= 0.6 is 0 Å². The van der Waals surface area contributed by atoms with Crippen molar-refractivity contribution in [3.05, 3.63) is 40.7 Å². The standard InChI is InChI=1S/C11H14N6O2/c12-9-3-1-4-10(11(9)17(18)19)13-5-2-7-16-8-6-14-15-16/h1,3-4,6,8,13H,2,5,7,12H2. The number of benzene rings is 1. The fraction of sp³-hybridized carbons (Fsp3) is 0.273. The summed E-state index contributed by atoms with van der Waals surface area (Å²) >= 11 is 0. The van der Waals surface area contributed by atoms with Crippen LogP contribution in [0.1, 0.15) is 6.42 Å². The van der Waals surface area contributed by atoms with Crippen LogP contribution in [0.3, 0.4) is 0 Å². The molecule has 0 spiro atoms. The van der Waals surface area contributed by atoms with Gasteiger partial charge in [0.2, 0.25) is 0 Å². The summed E-state index contributed by atoms with van der Waals surface area (Å²) in [5.41, 5.74) is 6.11. The van der Waals surface area contributed by atoms with Crippen LogP contribution in [0.15, 0.2) is 30.6 Å². The molecule has 0 bridgehead atoms. The highest BCUT2D eigenvalue weighted by Gasteiger charge is 2.16. The van der Waals surface area contributed by atoms with Gasteiger partial charge in [-0.25, -0.2) is 0 Å². The van der Waals surface area contributed by atoms with Gasteiger partial charge in [0.05, 0.1) is 11.1 Å². The van der Waals surface area contributed by atoms with Crippen molar-refractivity contribution in [1.82, 2.24) is 15.0 Å². The van der Waals surface area contributed by atoms with Gasteiger partial charge in [0.15, 0.2) is 0 Å². The average Bonchev–Trinajstić information content (AvgIpc) is 2.87. The number of anilines is 2. The molecule has 2 aromatic rings. The summed E-state index contributed by atoms with van der Waals surface area (Å²) in [7, 11) is 0. The smallest absolute Gasteiger partial charge is 0.314 e. The highest BCUT2D eigenvalue weighted by atomic mass is 16.6. The lowest BCUT2D eigenvalue weighted by Crippen LogP contribution is -2.09. The molecule has 2 rings (SSSR count). The van der Waals surface area contributed by atoms with E-state index in [9.17, 15) is 10.1 Å². The second kappa shape index (κ2) is 5.80. The van der Waals surface area contributed by atoms with E-state index in [0.29, 0.717) is 18.8 Å². The zero-order valence-electron chi connectivity index (χ0n) is 10.2. The van der Waals surface area contributed by atoms with Crippen LogP contribution in [0.25, 0.3) is 0 Å². The number of nitrogens with one attached hydrogen (secondary N) is 1. The van der Waals surface area contributed by atoms with Crippen LogP contribution in [0.4, 0.5) is 17.1 Å². The number of nitrogen functional groups attached to an aromatic ring is 1. The van der Waals surface area contributed by atoms with E-state index >= 15 is 0 Å². The summed E-state index contributed by atoms with van der Waals surface area (Å²) in [5.74, 6) is 0. The van der Waals surface area contributed by atoms with Gasteiger partial charge in [-0.05, 0) is 18.6 Å². The molecular formula is C11H14N6O2. The Morgan fingerprint density at radius 3 is 3.00 bits per heavy atom. The van der Waals surface area contributed by atoms with Gasteiger partial charge in [0.25, 0.3) is 0 Å². The molecule has 0 radical (unpaired) electrons. The van der Waals surface area contributed by atoms with Gasteiger partial charge in [-0.2, -0.15) is 0 Å². The number of nitrogens with two attached hydrogens (primary N) is 1. The van der Waals surface area contributed by atoms with Gasteiger partial charge < -0.3 is 11.1 Å². The van der Waals surface area contributed by atoms with E-state index in [-0.39, 0.29) is 11.4 Å². The van der Waals surface area contributed by atoms with E-state index in [4.69, 9.17) is 5.73 Å². The Labute approximate surface area is 109 Å². The highest BCUT2D eigenvalue weighted by molar-refractivity contribution is 5.74. The molecule has 0 fully saturated rings. The van der Waals surface area contributed by atoms with E-state index < -0.39 is 4.92 Å². The lowest BCUT2D eigenvalue weighted by Gasteiger charge is -2.08. The third-order valence-electron chi connectivity index (χ3n) is 2.60. The molecule has 0 saturated heterocycles. The maximum Gasteiger partial charge on any atom is 0.314 e. The number of aryl methyl sites for hydroxylation is 1. The van der Waals surface area contributed by atoms with Crippen LogP contribution < -0.4 is 11.1 Å². The molecule has 100 valence electrons. The summed E-state index contributed by atoms with van der Waals surface area (Å²) in [6.45, 7) is 1.28. The van der Waals surface area contributed by atoms with Gasteiger partial charge in [-0.15, -0.1) is 5.10 Å². The van der Waals surface area contributed by atoms with Crippen LogP contribution in [0.5, 0.6) is 0 Å². The number of rotatable bonds is 6. The second-order valence-electron chi connectivity index (χ2n) is 3.95. The monoisotopic (exact) mass is 262 g/mol. The molecule has 1 aromatic heterocycles. The molecule has 0 unspecified atom stereocenters. The fourth-order valence-electron chi connectivity index (χ4n) is 1.72. The Morgan fingerprint density at radius 1 is 1.47 bits per heavy atom. The maximum atomic E-state index is 10.9. The SMILES string of the molecule is Nc1cccc(NCCCn2ccnn2)c1[N+](=O)[O-]. The predicted octanol–water partition coefficient (Wildman–Crippen LogP) is 1.27. The molecule has 0 saturated carbocycles. The van der Waals surface area contributed by atoms with Crippen LogP contribution in [0.2, 0.25) is 0 Å². The van der Waals surface area contributed by atoms with E-state index in [1.165, 1.54) is 6.07 Å². The number of para-hydroxylation sites is 1. The lowest BCUT2D eigenvalue weighted by molar-refractivity contribution is -0.383. The Bertz CT molecular complexity index is 554. The predicted molar refractivity (Wildman–Crippen MR) is 70.6 cm³/mol. The molecular weight excluding hydrogens is 248 g/mol. The summed E-state index contributed by atoms with van der Waals surface area (Å²) in [4.78, 5) is 10.4. The molecule has 0 atom stereocenters. The summed E-state index contributed by atoms with van der Waals surface area (Å²) in [6, 6.07) is 4.84. The minimum Gasteiger partial charge on any atom is -0.393 e. The maximum absolute atomic E-state index is 10.9. The lowest BCUT2D eigenvalue weighted by atomic mass is 10.2. The van der Waals surface area contributed by atoms with Crippen molar-refractivity contribution < 1.29 is 4.92 Å². The van der Waals surface area contributed by atoms with Crippen LogP contribution in [-0.4, -0.2) is 26.5 Å². The normalized spacial score (nSPS) is 10.3. The molecule has 0 aliphatic rings. The minimum absolute atomic E-state index is 0.0803. The van der Waals surface area contributed by atoms with Crippen LogP contribution in [-0.2, 0) is 6.54 Å². The Hall–Kier alpha value is -2.64. The first-order chi connectivity index (χ1) is 9.18. The summed E-state index contributed by atoms with van der Waals surface area (Å²) in [5, 5.41) is 21.5. The first-order valence-electron chi connectivity index (χ1n) is 5.79. The first-order valence-corrected chi connectivity index (χ1v) is 5.79. The Kier molecular flexibility index (Phi) is 3.91. The van der Waals surface area contributed by atoms with Gasteiger partial charge in [0.1, 0.15) is 11.4 Å². The molecule has 8 nitrogen and oxygen atoms in total. The topological polar surface area (TPSA) is 112 Å². The highest BCUT2D eigenvalue weighted by Crippen LogP contribution is 2.30. The van der Waals surface area contributed by atoms with Crippen molar-refractivity contribution in [1.29, 1.82) is 0 Å². The number of nitrogens with zero attached hydrogens (tertiary/aromatic N) is 4. The van der Waals surface area contributed by atoms with Crippen molar-refractivity contribution in [3.63, 3.8) is 0 Å². The second-order valence-corrected chi connectivity index (χ2v) is 3.95. The number of hydrogen-bond donors (Lipinski definition) is 2. The quantitative estimate of drug-likeness (QED) is 0.351. The molecule has 19 heavy (non-hydrogen) atoms. The number of nitro groups is 1. The number of aromatic nitrogens is 3. The van der Waals surface area contributed by atoms with Gasteiger partial charge in [-0.1, -0.05) is 11.3 Å². The largest absolute Gasteiger partial charge is 0.393 e. The molecule has 0 amide bonds. The van der Waals surface area contributed by atoms with Gasteiger partial charge in [-0.3, -0.25) is 14.8 Å². The zero-order valence-corrected chi connectivity index (χ0v) is 10.2. The summed E-state index contributed by atoms with van der Waals surface area (Å²) in [6.07, 6.45) is 4.15. The van der Waals surface area contributed by atoms with Crippen molar-refractivity contribution in [3.8, 4) is 0 Å². The third kappa shape index (κ3) is 3.18. The van der Waals surface area contributed by atoms with E-state index in [1.807, 2.05) is 0 Å². The average molecular weight is 262 g/mol. The molecule has 8 heteroatoms. The summed E-state index contributed by atoms with van der Waals surface area (Å²) < 4.78 is 1.70. The van der Waals surface area contributed by atoms with Crippen LogP contribution in [0, 0.1) is 10.1 Å². The molecule has 1 aromatic carbocycles. The van der Waals surface area contributed by atoms with Gasteiger partial charge >= 0.3 is 5.69 Å². The van der Waals surface area contributed by atoms with Crippen molar-refractivity contribution in [2.75, 3.05) is 17.6 Å². The minimum atomic E-state index is -0.477. The number of nitro benzene ring substituents is 1. The molecule has 3 N–H and O–H groups in total.